The molecule has 0 amide bonds. The van der Waals surface area contributed by atoms with E-state index in [0.29, 0.717) is 0 Å². The van der Waals surface area contributed by atoms with E-state index >= 15 is 0 Å². The van der Waals surface area contributed by atoms with Gasteiger partial charge in [0.2, 0.25) is 0 Å². The summed E-state index contributed by atoms with van der Waals surface area (Å²) >= 11 is 1.64. The molecule has 2 N–H and O–H groups in total. The van der Waals surface area contributed by atoms with Crippen molar-refractivity contribution in [3.63, 3.8) is 0 Å². The molecule has 0 saturated heterocycles. The second-order valence-electron chi connectivity index (χ2n) is 5.32. The molecular formula is C14H17FN2S. The van der Waals surface area contributed by atoms with Gasteiger partial charge in [-0.05, 0) is 25.0 Å². The molecule has 0 spiro atoms. The summed E-state index contributed by atoms with van der Waals surface area (Å²) in [5, 5.41) is 1.04. The Morgan fingerprint density at radius 1 is 1.28 bits per heavy atom. The third-order valence-electron chi connectivity index (χ3n) is 3.75. The molecule has 0 radical (unpaired) electrons. The normalized spacial score (nSPS) is 19.2. The van der Waals surface area contributed by atoms with E-state index in [1.54, 1.807) is 17.4 Å². The van der Waals surface area contributed by atoms with E-state index in [9.17, 15) is 4.39 Å². The molecule has 1 saturated carbocycles. The Kier molecular flexibility index (Phi) is 3.08. The molecule has 96 valence electrons. The highest BCUT2D eigenvalue weighted by Crippen LogP contribution is 2.32. The molecule has 1 aromatic carbocycles. The number of nitrogens with zero attached hydrogens (tertiary/aromatic N) is 1. The van der Waals surface area contributed by atoms with Crippen LogP contribution in [0.15, 0.2) is 18.2 Å². The fourth-order valence-electron chi connectivity index (χ4n) is 2.76. The number of halogens is 1. The summed E-state index contributed by atoms with van der Waals surface area (Å²) in [6.45, 7) is 0. The third kappa shape index (κ3) is 2.40. The van der Waals surface area contributed by atoms with Crippen LogP contribution in [0.5, 0.6) is 0 Å². The van der Waals surface area contributed by atoms with Crippen molar-refractivity contribution >= 4 is 21.6 Å². The van der Waals surface area contributed by atoms with Gasteiger partial charge in [-0.25, -0.2) is 9.37 Å². The van der Waals surface area contributed by atoms with Gasteiger partial charge in [0, 0.05) is 18.0 Å². The summed E-state index contributed by atoms with van der Waals surface area (Å²) in [6, 6.07) is 4.79. The van der Waals surface area contributed by atoms with Gasteiger partial charge >= 0.3 is 0 Å². The molecule has 1 aliphatic carbocycles. The number of benzene rings is 1. The van der Waals surface area contributed by atoms with E-state index in [2.05, 4.69) is 4.98 Å². The van der Waals surface area contributed by atoms with E-state index < -0.39 is 0 Å². The van der Waals surface area contributed by atoms with Gasteiger partial charge in [0.1, 0.15) is 5.82 Å². The van der Waals surface area contributed by atoms with Crippen LogP contribution in [0.2, 0.25) is 0 Å². The molecule has 2 nitrogen and oxygen atoms in total. The highest BCUT2D eigenvalue weighted by Gasteiger charge is 2.28. The van der Waals surface area contributed by atoms with Crippen LogP contribution in [-0.2, 0) is 6.42 Å². The lowest BCUT2D eigenvalue weighted by molar-refractivity contribution is 0.294. The van der Waals surface area contributed by atoms with Crippen LogP contribution < -0.4 is 5.73 Å². The average Bonchev–Trinajstić information content (AvgIpc) is 2.70. The summed E-state index contributed by atoms with van der Waals surface area (Å²) in [6.07, 6.45) is 6.72. The lowest BCUT2D eigenvalue weighted by atomic mass is 9.80. The Bertz CT molecular complexity index is 558. The first-order valence-corrected chi connectivity index (χ1v) is 7.30. The topological polar surface area (TPSA) is 38.9 Å². The number of hydrogen-bond donors (Lipinski definition) is 1. The van der Waals surface area contributed by atoms with E-state index in [0.717, 1.165) is 34.5 Å². The average molecular weight is 264 g/mol. The van der Waals surface area contributed by atoms with E-state index in [1.807, 2.05) is 0 Å². The first kappa shape index (κ1) is 12.1. The molecule has 3 rings (SSSR count). The highest BCUT2D eigenvalue weighted by atomic mass is 32.1. The summed E-state index contributed by atoms with van der Waals surface area (Å²) in [5.41, 5.74) is 7.10. The van der Waals surface area contributed by atoms with Gasteiger partial charge in [0.25, 0.3) is 0 Å². The van der Waals surface area contributed by atoms with Gasteiger partial charge in [-0.1, -0.05) is 19.3 Å². The molecule has 18 heavy (non-hydrogen) atoms. The minimum absolute atomic E-state index is 0.0926. The number of hydrogen-bond acceptors (Lipinski definition) is 3. The predicted molar refractivity (Wildman–Crippen MR) is 73.3 cm³/mol. The molecule has 0 aliphatic heterocycles. The molecule has 1 fully saturated rings. The number of aromatic nitrogens is 1. The lowest BCUT2D eigenvalue weighted by Gasteiger charge is -2.32. The van der Waals surface area contributed by atoms with E-state index in [1.165, 1.54) is 31.4 Å². The van der Waals surface area contributed by atoms with Crippen LogP contribution in [0.4, 0.5) is 4.39 Å². The zero-order valence-electron chi connectivity index (χ0n) is 10.3. The Labute approximate surface area is 110 Å². The highest BCUT2D eigenvalue weighted by molar-refractivity contribution is 7.18. The minimum atomic E-state index is -0.223. The van der Waals surface area contributed by atoms with Crippen molar-refractivity contribution in [3.8, 4) is 0 Å². The van der Waals surface area contributed by atoms with Crippen molar-refractivity contribution in [2.45, 2.75) is 44.1 Å². The number of nitrogens with two attached hydrogens (primary N) is 1. The number of rotatable bonds is 2. The number of fused-ring (bicyclic) bond motifs is 1. The summed E-state index contributed by atoms with van der Waals surface area (Å²) in [7, 11) is 0. The summed E-state index contributed by atoms with van der Waals surface area (Å²) in [4.78, 5) is 4.51. The Hall–Kier alpha value is -1.00. The van der Waals surface area contributed by atoms with Crippen molar-refractivity contribution in [1.29, 1.82) is 0 Å². The van der Waals surface area contributed by atoms with Crippen LogP contribution in [-0.4, -0.2) is 10.5 Å². The Balaban J connectivity index is 1.86. The van der Waals surface area contributed by atoms with Crippen LogP contribution in [0.1, 0.15) is 37.1 Å². The third-order valence-corrected chi connectivity index (χ3v) is 4.78. The lowest BCUT2D eigenvalue weighted by Crippen LogP contribution is -2.43. The van der Waals surface area contributed by atoms with Gasteiger partial charge in [0.05, 0.1) is 15.2 Å². The van der Waals surface area contributed by atoms with Gasteiger partial charge in [-0.15, -0.1) is 11.3 Å². The molecule has 1 aromatic heterocycles. The molecule has 0 unspecified atom stereocenters. The Morgan fingerprint density at radius 2 is 2.06 bits per heavy atom. The van der Waals surface area contributed by atoms with Crippen LogP contribution in [0.3, 0.4) is 0 Å². The van der Waals surface area contributed by atoms with Crippen molar-refractivity contribution in [1.82, 2.24) is 4.98 Å². The maximum absolute atomic E-state index is 13.1. The zero-order valence-corrected chi connectivity index (χ0v) is 11.1. The largest absolute Gasteiger partial charge is 0.325 e. The molecule has 1 heterocycles. The van der Waals surface area contributed by atoms with E-state index in [4.69, 9.17) is 5.73 Å². The Morgan fingerprint density at radius 3 is 2.83 bits per heavy atom. The maximum Gasteiger partial charge on any atom is 0.125 e. The monoisotopic (exact) mass is 264 g/mol. The molecule has 0 bridgehead atoms. The van der Waals surface area contributed by atoms with Crippen LogP contribution >= 0.6 is 11.3 Å². The molecule has 0 atom stereocenters. The van der Waals surface area contributed by atoms with Crippen molar-refractivity contribution in [3.05, 3.63) is 29.0 Å². The fraction of sp³-hybridized carbons (Fsp3) is 0.500. The number of thiazole rings is 1. The first-order valence-electron chi connectivity index (χ1n) is 6.49. The van der Waals surface area contributed by atoms with Crippen molar-refractivity contribution < 1.29 is 4.39 Å². The molecule has 1 aliphatic rings. The maximum atomic E-state index is 13.1. The quantitative estimate of drug-likeness (QED) is 0.899. The smallest absolute Gasteiger partial charge is 0.125 e. The summed E-state index contributed by atoms with van der Waals surface area (Å²) in [5.74, 6) is -0.223. The fourth-order valence-corrected chi connectivity index (χ4v) is 3.86. The van der Waals surface area contributed by atoms with Gasteiger partial charge < -0.3 is 5.73 Å². The second kappa shape index (κ2) is 4.59. The van der Waals surface area contributed by atoms with Gasteiger partial charge in [-0.2, -0.15) is 0 Å². The molecule has 2 aromatic rings. The second-order valence-corrected chi connectivity index (χ2v) is 6.43. The van der Waals surface area contributed by atoms with Gasteiger partial charge in [-0.3, -0.25) is 0 Å². The van der Waals surface area contributed by atoms with Crippen molar-refractivity contribution in [2.24, 2.45) is 5.73 Å². The minimum Gasteiger partial charge on any atom is -0.325 e. The molecular weight excluding hydrogens is 247 g/mol. The predicted octanol–water partition coefficient (Wildman–Crippen LogP) is 3.64. The SMILES string of the molecule is NC1(Cc2nc3cc(F)ccc3s2)CCCCC1. The van der Waals surface area contributed by atoms with Crippen LogP contribution in [0, 0.1) is 5.82 Å². The molecule has 4 heteroatoms. The van der Waals surface area contributed by atoms with Crippen LogP contribution in [0.25, 0.3) is 10.2 Å². The van der Waals surface area contributed by atoms with E-state index in [-0.39, 0.29) is 11.4 Å². The van der Waals surface area contributed by atoms with Gasteiger partial charge in [0.15, 0.2) is 0 Å². The standard InChI is InChI=1S/C14H17FN2S/c15-10-4-5-12-11(8-10)17-13(18-12)9-14(16)6-2-1-3-7-14/h4-5,8H,1-3,6-7,9,16H2. The summed E-state index contributed by atoms with van der Waals surface area (Å²) < 4.78 is 14.2. The first-order chi connectivity index (χ1) is 8.65. The zero-order chi connectivity index (χ0) is 12.6. The van der Waals surface area contributed by atoms with Crippen molar-refractivity contribution in [2.75, 3.05) is 0 Å².